The van der Waals surface area contributed by atoms with Gasteiger partial charge in [0.05, 0.1) is 5.56 Å². The molecule has 0 spiro atoms. The maximum Gasteiger partial charge on any atom is 0.416 e. The van der Waals surface area contributed by atoms with E-state index in [1.807, 2.05) is 6.92 Å². The molecule has 2 rings (SSSR count). The number of alkyl halides is 3. The van der Waals surface area contributed by atoms with Crippen LogP contribution in [0, 0.1) is 11.3 Å². The van der Waals surface area contributed by atoms with Crippen molar-refractivity contribution in [2.45, 2.75) is 53.1 Å². The van der Waals surface area contributed by atoms with Crippen LogP contribution in [0.4, 0.5) is 29.3 Å². The summed E-state index contributed by atoms with van der Waals surface area (Å²) >= 11 is 5.88. The average Bonchev–Trinajstić information content (AvgIpc) is 2.73. The zero-order chi connectivity index (χ0) is 26.2. The lowest BCUT2D eigenvalue weighted by Crippen LogP contribution is -2.37. The molecule has 1 atom stereocenters. The Hall–Kier alpha value is -2.74. The van der Waals surface area contributed by atoms with Gasteiger partial charge in [0.25, 0.3) is 0 Å². The van der Waals surface area contributed by atoms with E-state index in [1.165, 1.54) is 17.0 Å². The first kappa shape index (κ1) is 28.5. The molecule has 0 aliphatic heterocycles. The van der Waals surface area contributed by atoms with E-state index < -0.39 is 17.8 Å². The van der Waals surface area contributed by atoms with Crippen LogP contribution in [-0.2, 0) is 11.0 Å². The van der Waals surface area contributed by atoms with E-state index >= 15 is 0 Å². The van der Waals surface area contributed by atoms with Crippen LogP contribution in [0.2, 0.25) is 5.02 Å². The minimum atomic E-state index is -4.54. The minimum absolute atomic E-state index is 0.0852. The van der Waals surface area contributed by atoms with Gasteiger partial charge in [0.15, 0.2) is 0 Å². The second kappa shape index (κ2) is 12.3. The van der Waals surface area contributed by atoms with Crippen LogP contribution in [-0.4, -0.2) is 25.0 Å². The van der Waals surface area contributed by atoms with Crippen molar-refractivity contribution < 1.29 is 22.8 Å². The molecule has 5 nitrogen and oxygen atoms in total. The zero-order valence-electron chi connectivity index (χ0n) is 20.5. The highest BCUT2D eigenvalue weighted by molar-refractivity contribution is 6.30. The van der Waals surface area contributed by atoms with Crippen molar-refractivity contribution in [3.8, 4) is 0 Å². The Morgan fingerprint density at radius 2 is 1.71 bits per heavy atom. The van der Waals surface area contributed by atoms with Gasteiger partial charge in [0, 0.05) is 35.9 Å². The summed E-state index contributed by atoms with van der Waals surface area (Å²) < 4.78 is 39.7. The second-order valence-electron chi connectivity index (χ2n) is 9.91. The van der Waals surface area contributed by atoms with Crippen molar-refractivity contribution in [2.24, 2.45) is 11.3 Å². The number of amides is 3. The average molecular weight is 512 g/mol. The van der Waals surface area contributed by atoms with Crippen molar-refractivity contribution >= 4 is 34.9 Å². The summed E-state index contributed by atoms with van der Waals surface area (Å²) in [5, 5.41) is 6.02. The number of benzene rings is 2. The van der Waals surface area contributed by atoms with E-state index in [4.69, 9.17) is 11.6 Å². The van der Waals surface area contributed by atoms with Gasteiger partial charge in [0.2, 0.25) is 5.91 Å². The first-order valence-electron chi connectivity index (χ1n) is 11.5. The van der Waals surface area contributed by atoms with Gasteiger partial charge in [-0.15, -0.1) is 0 Å². The number of hydrogen-bond donors (Lipinski definition) is 2. The lowest BCUT2D eigenvalue weighted by Gasteiger charge is -2.25. The molecule has 2 aromatic rings. The van der Waals surface area contributed by atoms with E-state index in [2.05, 4.69) is 31.4 Å². The van der Waals surface area contributed by atoms with Crippen LogP contribution in [0.3, 0.4) is 0 Å². The molecular weight excluding hydrogens is 479 g/mol. The molecule has 0 aromatic heterocycles. The monoisotopic (exact) mass is 511 g/mol. The Morgan fingerprint density at radius 3 is 2.31 bits per heavy atom. The van der Waals surface area contributed by atoms with Gasteiger partial charge in [-0.2, -0.15) is 13.2 Å². The molecule has 35 heavy (non-hydrogen) atoms. The van der Waals surface area contributed by atoms with Crippen molar-refractivity contribution in [1.29, 1.82) is 0 Å². The van der Waals surface area contributed by atoms with Gasteiger partial charge in [-0.3, -0.25) is 9.69 Å². The predicted octanol–water partition coefficient (Wildman–Crippen LogP) is 7.37. The van der Waals surface area contributed by atoms with Gasteiger partial charge in [0.1, 0.15) is 0 Å². The Kier molecular flexibility index (Phi) is 10.0. The first-order chi connectivity index (χ1) is 16.2. The zero-order valence-corrected chi connectivity index (χ0v) is 21.3. The molecular formula is C26H33ClF3N3O2. The third-order valence-electron chi connectivity index (χ3n) is 5.20. The summed E-state index contributed by atoms with van der Waals surface area (Å²) in [5.41, 5.74) is -0.155. The van der Waals surface area contributed by atoms with Crippen molar-refractivity contribution in [2.75, 3.05) is 23.3 Å². The summed E-state index contributed by atoms with van der Waals surface area (Å²) in [4.78, 5) is 26.5. The lowest BCUT2D eigenvalue weighted by molar-refractivity contribution is -0.137. The molecule has 3 amide bonds. The number of hydrogen-bond acceptors (Lipinski definition) is 2. The highest BCUT2D eigenvalue weighted by Crippen LogP contribution is 2.32. The van der Waals surface area contributed by atoms with E-state index in [0.717, 1.165) is 18.6 Å². The molecule has 0 bridgehead atoms. The van der Waals surface area contributed by atoms with Gasteiger partial charge in [-0.1, -0.05) is 45.4 Å². The standard InChI is InChI=1S/C26H33ClF3N3O2/c1-18(17-25(2,3)4)15-23(34)31-13-6-14-33(22-8-5-7-19(16-22)26(28,29)30)24(35)32-21-11-9-20(27)10-12-21/h5,7-12,16,18H,6,13-15,17H2,1-4H3,(H,31,34)(H,32,35). The number of anilines is 2. The summed E-state index contributed by atoms with van der Waals surface area (Å²) in [6.07, 6.45) is -2.87. The third kappa shape index (κ3) is 10.2. The van der Waals surface area contributed by atoms with Crippen LogP contribution in [0.5, 0.6) is 0 Å². The van der Waals surface area contributed by atoms with E-state index in [0.29, 0.717) is 30.1 Å². The summed E-state index contributed by atoms with van der Waals surface area (Å²) in [6, 6.07) is 10.4. The molecule has 0 fully saturated rings. The largest absolute Gasteiger partial charge is 0.416 e. The quantitative estimate of drug-likeness (QED) is 0.345. The number of nitrogens with zero attached hydrogens (tertiary/aromatic N) is 1. The molecule has 0 heterocycles. The van der Waals surface area contributed by atoms with E-state index in [1.54, 1.807) is 24.3 Å². The van der Waals surface area contributed by atoms with Crippen LogP contribution in [0.15, 0.2) is 48.5 Å². The van der Waals surface area contributed by atoms with Gasteiger partial charge < -0.3 is 10.6 Å². The normalized spacial score (nSPS) is 12.7. The van der Waals surface area contributed by atoms with Crippen molar-refractivity contribution in [3.05, 3.63) is 59.1 Å². The SMILES string of the molecule is CC(CC(=O)NCCCN(C(=O)Nc1ccc(Cl)cc1)c1cccc(C(F)(F)F)c1)CC(C)(C)C. The highest BCUT2D eigenvalue weighted by Gasteiger charge is 2.31. The highest BCUT2D eigenvalue weighted by atomic mass is 35.5. The molecule has 2 aromatic carbocycles. The van der Waals surface area contributed by atoms with Gasteiger partial charge in [-0.05, 0) is 66.6 Å². The number of urea groups is 1. The molecule has 0 saturated carbocycles. The Labute approximate surface area is 210 Å². The Morgan fingerprint density at radius 1 is 1.06 bits per heavy atom. The molecule has 0 aliphatic rings. The van der Waals surface area contributed by atoms with Crippen molar-refractivity contribution in [3.63, 3.8) is 0 Å². The maximum absolute atomic E-state index is 13.2. The smallest absolute Gasteiger partial charge is 0.356 e. The molecule has 0 aliphatic carbocycles. The molecule has 0 radical (unpaired) electrons. The minimum Gasteiger partial charge on any atom is -0.356 e. The lowest BCUT2D eigenvalue weighted by atomic mass is 9.84. The molecule has 1 unspecified atom stereocenters. The topological polar surface area (TPSA) is 61.4 Å². The molecule has 9 heteroatoms. The molecule has 2 N–H and O–H groups in total. The van der Waals surface area contributed by atoms with E-state index in [-0.39, 0.29) is 29.5 Å². The number of carbonyl (C=O) groups excluding carboxylic acids is 2. The fourth-order valence-electron chi connectivity index (χ4n) is 3.89. The van der Waals surface area contributed by atoms with Crippen LogP contribution in [0.25, 0.3) is 0 Å². The van der Waals surface area contributed by atoms with Crippen molar-refractivity contribution in [1.82, 2.24) is 5.32 Å². The Bertz CT molecular complexity index is 989. The van der Waals surface area contributed by atoms with Gasteiger partial charge >= 0.3 is 12.2 Å². The third-order valence-corrected chi connectivity index (χ3v) is 5.45. The van der Waals surface area contributed by atoms with Crippen LogP contribution in [0.1, 0.15) is 52.5 Å². The summed E-state index contributed by atoms with van der Waals surface area (Å²) in [7, 11) is 0. The Balaban J connectivity index is 2.05. The second-order valence-corrected chi connectivity index (χ2v) is 10.4. The fraction of sp³-hybridized carbons (Fsp3) is 0.462. The van der Waals surface area contributed by atoms with E-state index in [9.17, 15) is 22.8 Å². The number of rotatable bonds is 9. The number of nitrogens with one attached hydrogen (secondary N) is 2. The van der Waals surface area contributed by atoms with Crippen LogP contribution >= 0.6 is 11.6 Å². The molecule has 0 saturated heterocycles. The number of carbonyl (C=O) groups is 2. The number of halogens is 4. The van der Waals surface area contributed by atoms with Crippen LogP contribution < -0.4 is 15.5 Å². The fourth-order valence-corrected chi connectivity index (χ4v) is 4.02. The summed E-state index contributed by atoms with van der Waals surface area (Å²) in [5.74, 6) is 0.139. The first-order valence-corrected chi connectivity index (χ1v) is 11.9. The summed E-state index contributed by atoms with van der Waals surface area (Å²) in [6.45, 7) is 8.81. The molecule has 192 valence electrons. The predicted molar refractivity (Wildman–Crippen MR) is 135 cm³/mol. The maximum atomic E-state index is 13.2. The van der Waals surface area contributed by atoms with Gasteiger partial charge in [-0.25, -0.2) is 4.79 Å².